The quantitative estimate of drug-likeness (QED) is 0.763. The number of nitrogens with zero attached hydrogens (tertiary/aromatic N) is 3. The molecule has 74 valence electrons. The van der Waals surface area contributed by atoms with Gasteiger partial charge in [-0.1, -0.05) is 0 Å². The molecule has 0 saturated heterocycles. The second kappa shape index (κ2) is 4.58. The summed E-state index contributed by atoms with van der Waals surface area (Å²) in [5.41, 5.74) is 6.25. The van der Waals surface area contributed by atoms with Crippen molar-refractivity contribution in [1.29, 1.82) is 5.26 Å². The molecule has 0 spiro atoms. The van der Waals surface area contributed by atoms with Gasteiger partial charge < -0.3 is 10.6 Å². The number of anilines is 1. The zero-order valence-corrected chi connectivity index (χ0v) is 8.44. The lowest BCUT2D eigenvalue weighted by molar-refractivity contribution is 0.711. The molecule has 0 saturated carbocycles. The van der Waals surface area contributed by atoms with Crippen LogP contribution in [0.15, 0.2) is 18.3 Å². The van der Waals surface area contributed by atoms with E-state index in [0.717, 1.165) is 0 Å². The van der Waals surface area contributed by atoms with Crippen molar-refractivity contribution in [2.24, 2.45) is 5.73 Å². The molecule has 0 aliphatic heterocycles. The molecule has 4 nitrogen and oxygen atoms in total. The molecule has 0 aliphatic rings. The van der Waals surface area contributed by atoms with Gasteiger partial charge in [0.05, 0.1) is 5.56 Å². The molecular formula is C10H14N4. The van der Waals surface area contributed by atoms with Gasteiger partial charge >= 0.3 is 0 Å². The van der Waals surface area contributed by atoms with Crippen molar-refractivity contribution >= 4 is 5.82 Å². The predicted molar refractivity (Wildman–Crippen MR) is 55.9 cm³/mol. The van der Waals surface area contributed by atoms with Crippen molar-refractivity contribution in [2.75, 3.05) is 18.5 Å². The van der Waals surface area contributed by atoms with Crippen LogP contribution < -0.4 is 10.6 Å². The highest BCUT2D eigenvalue weighted by atomic mass is 15.2. The van der Waals surface area contributed by atoms with E-state index in [1.807, 2.05) is 18.9 Å². The van der Waals surface area contributed by atoms with Crippen LogP contribution in [0.3, 0.4) is 0 Å². The number of hydrogen-bond donors (Lipinski definition) is 1. The van der Waals surface area contributed by atoms with Gasteiger partial charge in [0.15, 0.2) is 0 Å². The molecule has 0 radical (unpaired) electrons. The van der Waals surface area contributed by atoms with Gasteiger partial charge in [0.1, 0.15) is 11.9 Å². The van der Waals surface area contributed by atoms with Gasteiger partial charge in [0, 0.05) is 25.8 Å². The Morgan fingerprint density at radius 2 is 2.43 bits per heavy atom. The smallest absolute Gasteiger partial charge is 0.146 e. The van der Waals surface area contributed by atoms with Crippen LogP contribution in [0.1, 0.15) is 12.5 Å². The lowest BCUT2D eigenvalue weighted by Crippen LogP contribution is -2.33. The Morgan fingerprint density at radius 3 is 3.00 bits per heavy atom. The Bertz CT molecular complexity index is 340. The van der Waals surface area contributed by atoms with E-state index in [1.165, 1.54) is 0 Å². The first kappa shape index (κ1) is 10.5. The highest BCUT2D eigenvalue weighted by molar-refractivity contribution is 5.52. The second-order valence-corrected chi connectivity index (χ2v) is 3.34. The maximum absolute atomic E-state index is 8.85. The predicted octanol–water partition coefficient (Wildman–Crippen LogP) is 0.737. The van der Waals surface area contributed by atoms with Crippen molar-refractivity contribution in [3.63, 3.8) is 0 Å². The van der Waals surface area contributed by atoms with E-state index in [9.17, 15) is 0 Å². The lowest BCUT2D eigenvalue weighted by Gasteiger charge is -2.20. The van der Waals surface area contributed by atoms with E-state index in [0.29, 0.717) is 17.9 Å². The first-order chi connectivity index (χ1) is 6.65. The van der Waals surface area contributed by atoms with E-state index in [4.69, 9.17) is 11.0 Å². The zero-order chi connectivity index (χ0) is 10.6. The van der Waals surface area contributed by atoms with Gasteiger partial charge in [-0.3, -0.25) is 0 Å². The summed E-state index contributed by atoms with van der Waals surface area (Å²) in [5.74, 6) is 0.687. The van der Waals surface area contributed by atoms with Crippen molar-refractivity contribution in [3.8, 4) is 6.07 Å². The first-order valence-corrected chi connectivity index (χ1v) is 4.47. The van der Waals surface area contributed by atoms with Crippen LogP contribution in [-0.2, 0) is 0 Å². The number of nitrogens with two attached hydrogens (primary N) is 1. The fourth-order valence-corrected chi connectivity index (χ4v) is 1.31. The topological polar surface area (TPSA) is 65.9 Å². The molecule has 4 heteroatoms. The molecule has 1 atom stereocenters. The maximum atomic E-state index is 8.85. The summed E-state index contributed by atoms with van der Waals surface area (Å²) in [6, 6.07) is 5.67. The zero-order valence-electron chi connectivity index (χ0n) is 8.44. The van der Waals surface area contributed by atoms with Crippen LogP contribution in [-0.4, -0.2) is 24.6 Å². The van der Waals surface area contributed by atoms with Crippen LogP contribution in [0.25, 0.3) is 0 Å². The SMILES string of the molecule is CC(N)CN(C)c1ncccc1C#N. The standard InChI is InChI=1S/C10H14N4/c1-8(12)7-14(2)10-9(6-11)4-3-5-13-10/h3-5,8H,7,12H2,1-2H3. The highest BCUT2D eigenvalue weighted by Crippen LogP contribution is 2.13. The van der Waals surface area contributed by atoms with Crippen LogP contribution in [0, 0.1) is 11.3 Å². The van der Waals surface area contributed by atoms with Crippen molar-refractivity contribution < 1.29 is 0 Å². The van der Waals surface area contributed by atoms with Gasteiger partial charge in [-0.15, -0.1) is 0 Å². The molecule has 2 N–H and O–H groups in total. The summed E-state index contributed by atoms with van der Waals surface area (Å²) in [7, 11) is 1.88. The molecule has 0 aromatic carbocycles. The van der Waals surface area contributed by atoms with E-state index < -0.39 is 0 Å². The van der Waals surface area contributed by atoms with Crippen molar-refractivity contribution in [1.82, 2.24) is 4.98 Å². The molecule has 1 unspecified atom stereocenters. The second-order valence-electron chi connectivity index (χ2n) is 3.34. The number of likely N-dealkylation sites (N-methyl/N-ethyl adjacent to an activating group) is 1. The summed E-state index contributed by atoms with van der Waals surface area (Å²) in [6.07, 6.45) is 1.67. The number of nitriles is 1. The van der Waals surface area contributed by atoms with Gasteiger partial charge in [-0.25, -0.2) is 4.98 Å². The Balaban J connectivity index is 2.89. The van der Waals surface area contributed by atoms with Gasteiger partial charge in [0.25, 0.3) is 0 Å². The van der Waals surface area contributed by atoms with E-state index in [1.54, 1.807) is 18.3 Å². The third kappa shape index (κ3) is 2.44. The minimum Gasteiger partial charge on any atom is -0.357 e. The molecule has 1 aromatic heterocycles. The monoisotopic (exact) mass is 190 g/mol. The Morgan fingerprint density at radius 1 is 1.71 bits per heavy atom. The average Bonchev–Trinajstić information content (AvgIpc) is 2.16. The summed E-state index contributed by atoms with van der Waals surface area (Å²) in [6.45, 7) is 2.61. The molecule has 0 bridgehead atoms. The first-order valence-electron chi connectivity index (χ1n) is 4.47. The summed E-state index contributed by atoms with van der Waals surface area (Å²) in [4.78, 5) is 6.04. The van der Waals surface area contributed by atoms with E-state index >= 15 is 0 Å². The minimum atomic E-state index is 0.0635. The molecule has 0 fully saturated rings. The third-order valence-electron chi connectivity index (χ3n) is 1.83. The van der Waals surface area contributed by atoms with Crippen LogP contribution in [0.4, 0.5) is 5.82 Å². The summed E-state index contributed by atoms with van der Waals surface area (Å²) < 4.78 is 0. The highest BCUT2D eigenvalue weighted by Gasteiger charge is 2.08. The average molecular weight is 190 g/mol. The maximum Gasteiger partial charge on any atom is 0.146 e. The van der Waals surface area contributed by atoms with Gasteiger partial charge in [-0.2, -0.15) is 5.26 Å². The Labute approximate surface area is 84.0 Å². The Kier molecular flexibility index (Phi) is 3.43. The number of pyridine rings is 1. The fourth-order valence-electron chi connectivity index (χ4n) is 1.31. The molecule has 0 amide bonds. The normalized spacial score (nSPS) is 11.9. The third-order valence-corrected chi connectivity index (χ3v) is 1.83. The van der Waals surface area contributed by atoms with Crippen LogP contribution in [0.5, 0.6) is 0 Å². The van der Waals surface area contributed by atoms with Crippen molar-refractivity contribution in [2.45, 2.75) is 13.0 Å². The lowest BCUT2D eigenvalue weighted by atomic mass is 10.2. The molecule has 1 heterocycles. The van der Waals surface area contributed by atoms with Crippen molar-refractivity contribution in [3.05, 3.63) is 23.9 Å². The fraction of sp³-hybridized carbons (Fsp3) is 0.400. The molecular weight excluding hydrogens is 176 g/mol. The Hall–Kier alpha value is -1.60. The van der Waals surface area contributed by atoms with E-state index in [-0.39, 0.29) is 6.04 Å². The summed E-state index contributed by atoms with van der Waals surface area (Å²) >= 11 is 0. The van der Waals surface area contributed by atoms with Crippen LogP contribution in [0.2, 0.25) is 0 Å². The summed E-state index contributed by atoms with van der Waals surface area (Å²) in [5, 5.41) is 8.85. The molecule has 14 heavy (non-hydrogen) atoms. The minimum absolute atomic E-state index is 0.0635. The number of rotatable bonds is 3. The van der Waals surface area contributed by atoms with Gasteiger partial charge in [0.2, 0.25) is 0 Å². The molecule has 0 aliphatic carbocycles. The number of hydrogen-bond acceptors (Lipinski definition) is 4. The van der Waals surface area contributed by atoms with E-state index in [2.05, 4.69) is 11.1 Å². The molecule has 1 rings (SSSR count). The largest absolute Gasteiger partial charge is 0.357 e. The van der Waals surface area contributed by atoms with Gasteiger partial charge in [-0.05, 0) is 19.1 Å². The molecule has 1 aromatic rings. The number of aromatic nitrogens is 1. The van der Waals surface area contributed by atoms with Crippen LogP contribution >= 0.6 is 0 Å².